The Morgan fingerprint density at radius 3 is 2.64 bits per heavy atom. The Morgan fingerprint density at radius 1 is 1.29 bits per heavy atom. The van der Waals surface area contributed by atoms with Crippen LogP contribution in [0.1, 0.15) is 62.4 Å². The number of rotatable bonds is 6. The number of aromatic nitrogens is 3. The second-order valence-electron chi connectivity index (χ2n) is 7.86. The number of nitrogens with zero attached hydrogens (tertiary/aromatic N) is 3. The largest absolute Gasteiger partial charge is 0.481 e. The first-order valence-corrected chi connectivity index (χ1v) is 10.0. The Labute approximate surface area is 166 Å². The highest BCUT2D eigenvalue weighted by Crippen LogP contribution is 2.25. The lowest BCUT2D eigenvalue weighted by Gasteiger charge is -2.19. The van der Waals surface area contributed by atoms with Crippen LogP contribution in [0.15, 0.2) is 18.2 Å². The number of hydrogen-bond donors (Lipinski definition) is 2. The molecule has 152 valence electrons. The number of piperidine rings is 1. The third-order valence-electron chi connectivity index (χ3n) is 5.26. The number of carbonyl (C=O) groups is 1. The molecule has 3 rings (SSSR count). The van der Waals surface area contributed by atoms with Crippen LogP contribution in [-0.2, 0) is 11.8 Å². The van der Waals surface area contributed by atoms with Gasteiger partial charge in [-0.25, -0.2) is 4.68 Å². The van der Waals surface area contributed by atoms with Crippen molar-refractivity contribution in [2.75, 3.05) is 18.4 Å². The van der Waals surface area contributed by atoms with Crippen molar-refractivity contribution in [3.8, 4) is 5.75 Å². The maximum absolute atomic E-state index is 12.6. The predicted octanol–water partition coefficient (Wildman–Crippen LogP) is 3.12. The van der Waals surface area contributed by atoms with Crippen molar-refractivity contribution in [2.45, 2.75) is 58.5 Å². The van der Waals surface area contributed by atoms with E-state index in [0.29, 0.717) is 23.5 Å². The maximum Gasteiger partial charge on any atom is 0.267 e. The zero-order valence-corrected chi connectivity index (χ0v) is 17.5. The number of benzene rings is 1. The molecule has 1 amide bonds. The van der Waals surface area contributed by atoms with Gasteiger partial charge in [-0.1, -0.05) is 19.9 Å². The quantitative estimate of drug-likeness (QED) is 0.798. The summed E-state index contributed by atoms with van der Waals surface area (Å²) in [5.41, 5.74) is 2.45. The SMILES string of the molecule is Cc1cc(OC(C)C(=O)Nc2nc(C3CCNCC3)nn2C)ccc1C(C)C. The molecule has 1 saturated heterocycles. The summed E-state index contributed by atoms with van der Waals surface area (Å²) in [5.74, 6) is 2.51. The molecule has 0 bridgehead atoms. The van der Waals surface area contributed by atoms with E-state index in [1.165, 1.54) is 11.1 Å². The second-order valence-corrected chi connectivity index (χ2v) is 7.86. The lowest BCUT2D eigenvalue weighted by atomic mass is 9.98. The highest BCUT2D eigenvalue weighted by Gasteiger charge is 2.23. The zero-order chi connectivity index (χ0) is 20.3. The Morgan fingerprint density at radius 2 is 2.00 bits per heavy atom. The summed E-state index contributed by atoms with van der Waals surface area (Å²) in [6.45, 7) is 10.1. The molecule has 0 aliphatic carbocycles. The summed E-state index contributed by atoms with van der Waals surface area (Å²) in [4.78, 5) is 17.1. The van der Waals surface area contributed by atoms with Crippen LogP contribution in [0.4, 0.5) is 5.95 Å². The third-order valence-corrected chi connectivity index (χ3v) is 5.26. The molecule has 7 heteroatoms. The molecule has 1 aromatic carbocycles. The van der Waals surface area contributed by atoms with Crippen molar-refractivity contribution in [3.63, 3.8) is 0 Å². The molecule has 7 nitrogen and oxygen atoms in total. The molecule has 2 N–H and O–H groups in total. The summed E-state index contributed by atoms with van der Waals surface area (Å²) in [7, 11) is 1.80. The minimum Gasteiger partial charge on any atom is -0.481 e. The standard InChI is InChI=1S/C21H31N5O2/c1-13(2)18-7-6-17(12-14(18)3)28-15(4)20(27)24-21-23-19(25-26(21)5)16-8-10-22-11-9-16/h6-7,12-13,15-16,22H,8-11H2,1-5H3,(H,23,24,25,27). The number of ether oxygens (including phenoxy) is 1. The minimum absolute atomic E-state index is 0.238. The first-order chi connectivity index (χ1) is 13.3. The molecule has 0 saturated carbocycles. The predicted molar refractivity (Wildman–Crippen MR) is 110 cm³/mol. The Hall–Kier alpha value is -2.41. The van der Waals surface area contributed by atoms with Gasteiger partial charge in [0.25, 0.3) is 5.91 Å². The van der Waals surface area contributed by atoms with Crippen molar-refractivity contribution >= 4 is 11.9 Å². The molecule has 1 fully saturated rings. The van der Waals surface area contributed by atoms with Crippen molar-refractivity contribution in [3.05, 3.63) is 35.2 Å². The van der Waals surface area contributed by atoms with Gasteiger partial charge in [0.2, 0.25) is 5.95 Å². The van der Waals surface area contributed by atoms with Gasteiger partial charge in [0.05, 0.1) is 0 Å². The number of amides is 1. The zero-order valence-electron chi connectivity index (χ0n) is 17.5. The van der Waals surface area contributed by atoms with Crippen molar-refractivity contribution in [1.82, 2.24) is 20.1 Å². The summed E-state index contributed by atoms with van der Waals surface area (Å²) in [6.07, 6.45) is 1.40. The van der Waals surface area contributed by atoms with Crippen LogP contribution >= 0.6 is 0 Å². The molecule has 2 heterocycles. The molecule has 1 aromatic heterocycles. The van der Waals surface area contributed by atoms with Gasteiger partial charge in [0.1, 0.15) is 5.75 Å². The van der Waals surface area contributed by atoms with Crippen LogP contribution in [0.5, 0.6) is 5.75 Å². The molecule has 0 radical (unpaired) electrons. The van der Waals surface area contributed by atoms with Crippen LogP contribution in [0, 0.1) is 6.92 Å². The van der Waals surface area contributed by atoms with Gasteiger partial charge >= 0.3 is 0 Å². The first kappa shape index (κ1) is 20.3. The van der Waals surface area contributed by atoms with Crippen LogP contribution in [0.25, 0.3) is 0 Å². The number of anilines is 1. The van der Waals surface area contributed by atoms with E-state index < -0.39 is 6.10 Å². The molecule has 1 atom stereocenters. The van der Waals surface area contributed by atoms with Gasteiger partial charge in [-0.05, 0) is 69.0 Å². The Balaban J connectivity index is 1.63. The molecule has 1 aliphatic heterocycles. The second kappa shape index (κ2) is 8.73. The van der Waals surface area contributed by atoms with Gasteiger partial charge in [-0.2, -0.15) is 10.1 Å². The average molecular weight is 386 g/mol. The van der Waals surface area contributed by atoms with Crippen LogP contribution in [0.2, 0.25) is 0 Å². The molecule has 28 heavy (non-hydrogen) atoms. The first-order valence-electron chi connectivity index (χ1n) is 10.0. The minimum atomic E-state index is -0.636. The summed E-state index contributed by atoms with van der Waals surface area (Å²) < 4.78 is 7.48. The van der Waals surface area contributed by atoms with Crippen LogP contribution in [0.3, 0.4) is 0 Å². The lowest BCUT2D eigenvalue weighted by Crippen LogP contribution is -2.31. The van der Waals surface area contributed by atoms with E-state index in [4.69, 9.17) is 4.74 Å². The van der Waals surface area contributed by atoms with Gasteiger partial charge < -0.3 is 10.1 Å². The molecule has 1 unspecified atom stereocenters. The number of aryl methyl sites for hydroxylation is 2. The van der Waals surface area contributed by atoms with Gasteiger partial charge in [-0.15, -0.1) is 0 Å². The van der Waals surface area contributed by atoms with Crippen LogP contribution in [-0.4, -0.2) is 39.9 Å². The monoisotopic (exact) mass is 385 g/mol. The van der Waals surface area contributed by atoms with Crippen molar-refractivity contribution in [1.29, 1.82) is 0 Å². The maximum atomic E-state index is 12.6. The molecular weight excluding hydrogens is 354 g/mol. The van der Waals surface area contributed by atoms with E-state index in [0.717, 1.165) is 31.8 Å². The van der Waals surface area contributed by atoms with E-state index in [2.05, 4.69) is 47.6 Å². The molecule has 0 spiro atoms. The fraction of sp³-hybridized carbons (Fsp3) is 0.571. The number of carbonyl (C=O) groups excluding carboxylic acids is 1. The number of hydrogen-bond acceptors (Lipinski definition) is 5. The molecular formula is C21H31N5O2. The van der Waals surface area contributed by atoms with E-state index in [1.807, 2.05) is 12.1 Å². The highest BCUT2D eigenvalue weighted by molar-refractivity contribution is 5.92. The topological polar surface area (TPSA) is 81.1 Å². The normalized spacial score (nSPS) is 16.2. The Kier molecular flexibility index (Phi) is 6.34. The number of nitrogens with one attached hydrogen (secondary N) is 2. The summed E-state index contributed by atoms with van der Waals surface area (Å²) in [5, 5.41) is 10.7. The van der Waals surface area contributed by atoms with Gasteiger partial charge in [0.15, 0.2) is 11.9 Å². The molecule has 1 aliphatic rings. The summed E-state index contributed by atoms with van der Waals surface area (Å²) in [6, 6.07) is 5.97. The Bertz CT molecular complexity index is 824. The third kappa shape index (κ3) is 4.70. The van der Waals surface area contributed by atoms with Gasteiger partial charge in [0, 0.05) is 13.0 Å². The fourth-order valence-corrected chi connectivity index (χ4v) is 3.60. The fourth-order valence-electron chi connectivity index (χ4n) is 3.60. The smallest absolute Gasteiger partial charge is 0.267 e. The van der Waals surface area contributed by atoms with E-state index in [9.17, 15) is 4.79 Å². The average Bonchev–Trinajstić information content (AvgIpc) is 3.02. The van der Waals surface area contributed by atoms with E-state index in [1.54, 1.807) is 18.7 Å². The summed E-state index contributed by atoms with van der Waals surface area (Å²) >= 11 is 0. The van der Waals surface area contributed by atoms with E-state index in [-0.39, 0.29) is 5.91 Å². The lowest BCUT2D eigenvalue weighted by molar-refractivity contribution is -0.122. The molecule has 2 aromatic rings. The van der Waals surface area contributed by atoms with Crippen molar-refractivity contribution in [2.24, 2.45) is 7.05 Å². The van der Waals surface area contributed by atoms with E-state index >= 15 is 0 Å². The van der Waals surface area contributed by atoms with Crippen LogP contribution < -0.4 is 15.4 Å². The highest BCUT2D eigenvalue weighted by atomic mass is 16.5. The van der Waals surface area contributed by atoms with Gasteiger partial charge in [-0.3, -0.25) is 10.1 Å². The van der Waals surface area contributed by atoms with Crippen molar-refractivity contribution < 1.29 is 9.53 Å².